The van der Waals surface area contributed by atoms with Crippen molar-refractivity contribution in [2.24, 2.45) is 0 Å². The molecule has 0 radical (unpaired) electrons. The van der Waals surface area contributed by atoms with Crippen LogP contribution in [0, 0.1) is 0 Å². The molecule has 4 aromatic rings. The van der Waals surface area contributed by atoms with Crippen LogP contribution < -0.4 is 0 Å². The molecule has 0 bridgehead atoms. The van der Waals surface area contributed by atoms with E-state index >= 15 is 0 Å². The molecule has 1 aromatic heterocycles. The second kappa shape index (κ2) is 9.41. The van der Waals surface area contributed by atoms with Gasteiger partial charge in [-0.1, -0.05) is 87.4 Å². The van der Waals surface area contributed by atoms with Crippen molar-refractivity contribution >= 4 is 21.4 Å². The van der Waals surface area contributed by atoms with Gasteiger partial charge in [-0.05, 0) is 71.0 Å². The third-order valence-corrected chi connectivity index (χ3v) is 6.83. The molecule has 0 aliphatic carbocycles. The number of unbranched alkanes of at least 4 members (excludes halogenated alkanes) is 2. The van der Waals surface area contributed by atoms with E-state index < -0.39 is 0 Å². The van der Waals surface area contributed by atoms with Gasteiger partial charge in [-0.3, -0.25) is 0 Å². The summed E-state index contributed by atoms with van der Waals surface area (Å²) in [5.41, 5.74) is 6.83. The third kappa shape index (κ3) is 4.79. The zero-order chi connectivity index (χ0) is 20.1. The molecule has 0 unspecified atom stereocenters. The van der Waals surface area contributed by atoms with E-state index in [0.717, 1.165) is 0 Å². The highest BCUT2D eigenvalue weighted by atomic mass is 32.1. The number of fused-ring (bicyclic) bond motifs is 1. The fourth-order valence-corrected chi connectivity index (χ4v) is 4.92. The van der Waals surface area contributed by atoms with Crippen LogP contribution in [0.15, 0.2) is 72.8 Å². The summed E-state index contributed by atoms with van der Waals surface area (Å²) in [6.45, 7) is 4.50. The normalized spacial score (nSPS) is 11.2. The highest BCUT2D eigenvalue weighted by Crippen LogP contribution is 2.36. The molecule has 0 saturated heterocycles. The molecule has 4 rings (SSSR count). The molecule has 1 heterocycles. The van der Waals surface area contributed by atoms with Crippen LogP contribution in [0.25, 0.3) is 31.7 Å². The Kier molecular flexibility index (Phi) is 6.46. The van der Waals surface area contributed by atoms with E-state index in [1.165, 1.54) is 81.3 Å². The second-order valence-corrected chi connectivity index (χ2v) is 9.05. The minimum Gasteiger partial charge on any atom is -0.135 e. The first-order valence-corrected chi connectivity index (χ1v) is 11.8. The van der Waals surface area contributed by atoms with Crippen molar-refractivity contribution < 1.29 is 0 Å². The van der Waals surface area contributed by atoms with Gasteiger partial charge < -0.3 is 0 Å². The summed E-state index contributed by atoms with van der Waals surface area (Å²) in [6, 6.07) is 27.5. The average molecular weight is 399 g/mol. The van der Waals surface area contributed by atoms with Gasteiger partial charge in [0.25, 0.3) is 0 Å². The van der Waals surface area contributed by atoms with E-state index in [0.29, 0.717) is 0 Å². The van der Waals surface area contributed by atoms with Gasteiger partial charge in [-0.2, -0.15) is 0 Å². The molecule has 0 atom stereocenters. The Morgan fingerprint density at radius 2 is 1.14 bits per heavy atom. The first-order chi connectivity index (χ1) is 14.3. The largest absolute Gasteiger partial charge is 0.135 e. The van der Waals surface area contributed by atoms with E-state index in [4.69, 9.17) is 0 Å². The van der Waals surface area contributed by atoms with Crippen molar-refractivity contribution in [2.45, 2.75) is 52.4 Å². The molecule has 1 heteroatoms. The summed E-state index contributed by atoms with van der Waals surface area (Å²) in [5, 5.41) is 1.34. The third-order valence-electron chi connectivity index (χ3n) is 5.68. The number of aryl methyl sites for hydroxylation is 2. The van der Waals surface area contributed by atoms with Crippen LogP contribution in [-0.2, 0) is 12.8 Å². The van der Waals surface area contributed by atoms with Crippen LogP contribution in [0.4, 0.5) is 0 Å². The molecule has 0 saturated carbocycles. The van der Waals surface area contributed by atoms with E-state index in [1.807, 2.05) is 11.3 Å². The Labute approximate surface area is 179 Å². The van der Waals surface area contributed by atoms with Crippen LogP contribution in [0.5, 0.6) is 0 Å². The minimum absolute atomic E-state index is 1.18. The Hall–Kier alpha value is -2.38. The lowest BCUT2D eigenvalue weighted by molar-refractivity contribution is 0.795. The van der Waals surface area contributed by atoms with Gasteiger partial charge in [0.1, 0.15) is 0 Å². The summed E-state index contributed by atoms with van der Waals surface area (Å²) in [6.07, 6.45) is 7.40. The van der Waals surface area contributed by atoms with Crippen molar-refractivity contribution in [3.05, 3.63) is 83.9 Å². The Balaban J connectivity index is 1.56. The Bertz CT molecular complexity index is 1000. The summed E-state index contributed by atoms with van der Waals surface area (Å²) >= 11 is 1.90. The molecule has 0 nitrogen and oxygen atoms in total. The van der Waals surface area contributed by atoms with Gasteiger partial charge in [0.05, 0.1) is 0 Å². The number of rotatable bonds is 8. The number of hydrogen-bond donors (Lipinski definition) is 0. The molecular weight excluding hydrogens is 368 g/mol. The van der Waals surface area contributed by atoms with Gasteiger partial charge in [0, 0.05) is 9.58 Å². The van der Waals surface area contributed by atoms with Crippen molar-refractivity contribution in [3.63, 3.8) is 0 Å². The smallest absolute Gasteiger partial charge is 0.0355 e. The van der Waals surface area contributed by atoms with Gasteiger partial charge >= 0.3 is 0 Å². The standard InChI is InChI=1S/C28H30S/c1-3-5-7-21-9-13-23(14-10-21)25-17-18-26-20-27(29-28(26)19-25)24-15-11-22(12-16-24)8-6-4-2/h9-20H,3-8H2,1-2H3. The summed E-state index contributed by atoms with van der Waals surface area (Å²) in [4.78, 5) is 1.36. The molecule has 3 aromatic carbocycles. The van der Waals surface area contributed by atoms with Crippen molar-refractivity contribution in [2.75, 3.05) is 0 Å². The number of hydrogen-bond acceptors (Lipinski definition) is 1. The molecule has 0 aliphatic rings. The highest BCUT2D eigenvalue weighted by Gasteiger charge is 2.07. The van der Waals surface area contributed by atoms with Gasteiger partial charge in [0.15, 0.2) is 0 Å². The predicted molar refractivity (Wildman–Crippen MR) is 130 cm³/mol. The minimum atomic E-state index is 1.18. The monoisotopic (exact) mass is 398 g/mol. The highest BCUT2D eigenvalue weighted by molar-refractivity contribution is 7.22. The van der Waals surface area contributed by atoms with E-state index in [2.05, 4.69) is 86.6 Å². The SMILES string of the molecule is CCCCc1ccc(-c2ccc3cc(-c4ccc(CCCC)cc4)sc3c2)cc1. The lowest BCUT2D eigenvalue weighted by Gasteiger charge is -2.04. The van der Waals surface area contributed by atoms with Crippen molar-refractivity contribution in [1.29, 1.82) is 0 Å². The fourth-order valence-electron chi connectivity index (χ4n) is 3.81. The van der Waals surface area contributed by atoms with Gasteiger partial charge in [-0.25, -0.2) is 0 Å². The molecule has 148 valence electrons. The second-order valence-electron chi connectivity index (χ2n) is 7.96. The summed E-state index contributed by atoms with van der Waals surface area (Å²) in [7, 11) is 0. The van der Waals surface area contributed by atoms with Crippen LogP contribution in [-0.4, -0.2) is 0 Å². The lowest BCUT2D eigenvalue weighted by Crippen LogP contribution is -1.84. The van der Waals surface area contributed by atoms with Gasteiger partial charge in [-0.15, -0.1) is 11.3 Å². The number of benzene rings is 3. The van der Waals surface area contributed by atoms with Crippen LogP contribution in [0.2, 0.25) is 0 Å². The molecule has 0 spiro atoms. The molecule has 29 heavy (non-hydrogen) atoms. The Morgan fingerprint density at radius 3 is 1.72 bits per heavy atom. The quantitative estimate of drug-likeness (QED) is 0.278. The van der Waals surface area contributed by atoms with E-state index in [-0.39, 0.29) is 0 Å². The molecule has 0 N–H and O–H groups in total. The topological polar surface area (TPSA) is 0 Å². The maximum Gasteiger partial charge on any atom is 0.0355 e. The van der Waals surface area contributed by atoms with E-state index in [1.54, 1.807) is 0 Å². The predicted octanol–water partition coefficient (Wildman–Crippen LogP) is 8.92. The molecule has 0 amide bonds. The van der Waals surface area contributed by atoms with Crippen LogP contribution >= 0.6 is 11.3 Å². The number of thiophene rings is 1. The molecular formula is C28H30S. The van der Waals surface area contributed by atoms with Crippen LogP contribution in [0.1, 0.15) is 50.7 Å². The van der Waals surface area contributed by atoms with Crippen molar-refractivity contribution in [3.8, 4) is 21.6 Å². The molecule has 0 aliphatic heterocycles. The first kappa shape index (κ1) is 19.9. The van der Waals surface area contributed by atoms with Crippen molar-refractivity contribution in [1.82, 2.24) is 0 Å². The maximum atomic E-state index is 2.35. The average Bonchev–Trinajstić information content (AvgIpc) is 3.20. The molecule has 0 fully saturated rings. The Morgan fingerprint density at radius 1 is 0.586 bits per heavy atom. The summed E-state index contributed by atoms with van der Waals surface area (Å²) in [5.74, 6) is 0. The van der Waals surface area contributed by atoms with Crippen LogP contribution in [0.3, 0.4) is 0 Å². The fraction of sp³-hybridized carbons (Fsp3) is 0.286. The van der Waals surface area contributed by atoms with E-state index in [9.17, 15) is 0 Å². The first-order valence-electron chi connectivity index (χ1n) is 11.0. The maximum absolute atomic E-state index is 2.35. The summed E-state index contributed by atoms with van der Waals surface area (Å²) < 4.78 is 1.36. The zero-order valence-corrected chi connectivity index (χ0v) is 18.4. The lowest BCUT2D eigenvalue weighted by atomic mass is 10.0. The van der Waals surface area contributed by atoms with Gasteiger partial charge in [0.2, 0.25) is 0 Å². The zero-order valence-electron chi connectivity index (χ0n) is 17.6.